The Bertz CT molecular complexity index is 442. The molecule has 1 atom stereocenters. The van der Waals surface area contributed by atoms with Crippen molar-refractivity contribution in [3.8, 4) is 0 Å². The maximum Gasteiger partial charge on any atom is 0.385 e. The number of furan rings is 1. The summed E-state index contributed by atoms with van der Waals surface area (Å²) in [6.07, 6.45) is -2.28. The highest BCUT2D eigenvalue weighted by Crippen LogP contribution is 2.36. The number of halogens is 3. The van der Waals surface area contributed by atoms with Crippen molar-refractivity contribution in [1.82, 2.24) is 0 Å². The summed E-state index contributed by atoms with van der Waals surface area (Å²) in [5, 5.41) is 8.41. The smallest absolute Gasteiger partial charge is 0.385 e. The first kappa shape index (κ1) is 13.9. The number of hydrogen-bond acceptors (Lipinski definition) is 4. The lowest BCUT2D eigenvalue weighted by molar-refractivity contribution is -0.196. The topological polar surface area (TPSA) is 76.7 Å². The van der Waals surface area contributed by atoms with Gasteiger partial charge in [0.2, 0.25) is 6.10 Å². The molecule has 0 amide bonds. The van der Waals surface area contributed by atoms with Crippen LogP contribution in [-0.4, -0.2) is 23.0 Å². The fourth-order valence-electron chi connectivity index (χ4n) is 1.06. The molecule has 0 saturated carbocycles. The standard InChI is InChI=1S/C9H7F2IO5/c1-4(13)16-7(9(10,11)8(14)15)5-2-3-6(12)17-5/h2-3,7H,1H3,(H,14,15). The normalized spacial score (nSPS) is 13.2. The Hall–Kier alpha value is -1.19. The summed E-state index contributed by atoms with van der Waals surface area (Å²) >= 11 is 1.71. The molecule has 0 aromatic carbocycles. The third-order valence-corrected chi connectivity index (χ3v) is 2.33. The number of ether oxygens (including phenoxy) is 1. The van der Waals surface area contributed by atoms with Gasteiger partial charge in [-0.1, -0.05) is 0 Å². The summed E-state index contributed by atoms with van der Waals surface area (Å²) in [6, 6.07) is 2.48. The fraction of sp³-hybridized carbons (Fsp3) is 0.333. The Kier molecular flexibility index (Phi) is 4.07. The average molecular weight is 360 g/mol. The molecule has 0 radical (unpaired) electrons. The van der Waals surface area contributed by atoms with Gasteiger partial charge in [0, 0.05) is 6.92 Å². The van der Waals surface area contributed by atoms with E-state index < -0.39 is 29.7 Å². The molecule has 0 spiro atoms. The van der Waals surface area contributed by atoms with E-state index in [1.807, 2.05) is 0 Å². The fourth-order valence-corrected chi connectivity index (χ4v) is 1.49. The first-order valence-corrected chi connectivity index (χ1v) is 5.36. The lowest BCUT2D eigenvalue weighted by Gasteiger charge is -2.20. The molecule has 0 fully saturated rings. The molecule has 1 aromatic rings. The van der Waals surface area contributed by atoms with Crippen LogP contribution in [0.2, 0.25) is 0 Å². The SMILES string of the molecule is CC(=O)OC(c1ccc(I)o1)C(F)(F)C(=O)O. The molecule has 1 heterocycles. The molecule has 94 valence electrons. The minimum Gasteiger partial charge on any atom is -0.477 e. The van der Waals surface area contributed by atoms with E-state index in [1.54, 1.807) is 22.6 Å². The Labute approximate surface area is 108 Å². The van der Waals surface area contributed by atoms with Gasteiger partial charge in [-0.3, -0.25) is 4.79 Å². The summed E-state index contributed by atoms with van der Waals surface area (Å²) in [6.45, 7) is 0.902. The van der Waals surface area contributed by atoms with Crippen LogP contribution in [0.15, 0.2) is 16.5 Å². The number of alkyl halides is 2. The number of carbonyl (C=O) groups is 2. The Morgan fingerprint density at radius 1 is 1.53 bits per heavy atom. The number of carbonyl (C=O) groups excluding carboxylic acids is 1. The lowest BCUT2D eigenvalue weighted by atomic mass is 10.1. The molecule has 1 unspecified atom stereocenters. The summed E-state index contributed by atoms with van der Waals surface area (Å²) in [5.41, 5.74) is 0. The van der Waals surface area contributed by atoms with Crippen molar-refractivity contribution < 1.29 is 32.6 Å². The van der Waals surface area contributed by atoms with Crippen LogP contribution >= 0.6 is 22.6 Å². The van der Waals surface area contributed by atoms with Crippen LogP contribution in [0, 0.1) is 3.77 Å². The molecular formula is C9H7F2IO5. The van der Waals surface area contributed by atoms with Crippen molar-refractivity contribution in [2.45, 2.75) is 19.0 Å². The van der Waals surface area contributed by atoms with Gasteiger partial charge in [-0.25, -0.2) is 4.79 Å². The molecule has 8 heteroatoms. The van der Waals surface area contributed by atoms with E-state index >= 15 is 0 Å². The van der Waals surface area contributed by atoms with Crippen molar-refractivity contribution in [3.63, 3.8) is 0 Å². The number of rotatable bonds is 4. The van der Waals surface area contributed by atoms with Crippen LogP contribution in [0.3, 0.4) is 0 Å². The molecule has 0 aliphatic heterocycles. The number of aliphatic carboxylic acids is 1. The Morgan fingerprint density at radius 3 is 2.47 bits per heavy atom. The van der Waals surface area contributed by atoms with Crippen LogP contribution in [0.4, 0.5) is 8.78 Å². The zero-order valence-electron chi connectivity index (χ0n) is 8.45. The molecule has 1 aromatic heterocycles. The summed E-state index contributed by atoms with van der Waals surface area (Å²) < 4.78 is 36.1. The lowest BCUT2D eigenvalue weighted by Crippen LogP contribution is -2.37. The Balaban J connectivity index is 3.12. The highest BCUT2D eigenvalue weighted by molar-refractivity contribution is 14.1. The van der Waals surface area contributed by atoms with Crippen LogP contribution in [0.25, 0.3) is 0 Å². The number of carboxylic acids is 1. The molecular weight excluding hydrogens is 353 g/mol. The van der Waals surface area contributed by atoms with Gasteiger partial charge in [0.1, 0.15) is 0 Å². The molecule has 1 N–H and O–H groups in total. The summed E-state index contributed by atoms with van der Waals surface area (Å²) in [7, 11) is 0. The van der Waals surface area contributed by atoms with E-state index in [1.165, 1.54) is 6.07 Å². The zero-order valence-corrected chi connectivity index (χ0v) is 10.6. The van der Waals surface area contributed by atoms with Crippen LogP contribution in [-0.2, 0) is 14.3 Å². The van der Waals surface area contributed by atoms with Crippen molar-refractivity contribution in [2.24, 2.45) is 0 Å². The maximum absolute atomic E-state index is 13.3. The van der Waals surface area contributed by atoms with Crippen LogP contribution < -0.4 is 0 Å². The number of hydrogen-bond donors (Lipinski definition) is 1. The average Bonchev–Trinajstić information content (AvgIpc) is 2.60. The Morgan fingerprint density at radius 2 is 2.12 bits per heavy atom. The molecule has 5 nitrogen and oxygen atoms in total. The summed E-state index contributed by atoms with van der Waals surface area (Å²) in [5.74, 6) is -8.10. The second-order valence-corrected chi connectivity index (χ2v) is 4.12. The van der Waals surface area contributed by atoms with Gasteiger partial charge in [-0.15, -0.1) is 0 Å². The minimum absolute atomic E-state index is 0.274. The van der Waals surface area contributed by atoms with Gasteiger partial charge in [0.15, 0.2) is 9.53 Å². The largest absolute Gasteiger partial charge is 0.477 e. The number of esters is 1. The molecule has 17 heavy (non-hydrogen) atoms. The second-order valence-electron chi connectivity index (χ2n) is 3.06. The molecule has 1 rings (SSSR count). The van der Waals surface area contributed by atoms with Gasteiger partial charge >= 0.3 is 17.9 Å². The van der Waals surface area contributed by atoms with Crippen molar-refractivity contribution in [2.75, 3.05) is 0 Å². The van der Waals surface area contributed by atoms with Gasteiger partial charge in [-0.05, 0) is 34.7 Å². The van der Waals surface area contributed by atoms with Crippen LogP contribution in [0.1, 0.15) is 18.8 Å². The second kappa shape index (κ2) is 4.98. The first-order valence-electron chi connectivity index (χ1n) is 4.28. The molecule has 0 bridgehead atoms. The van der Waals surface area contributed by atoms with E-state index in [0.29, 0.717) is 0 Å². The van der Waals surface area contributed by atoms with Crippen molar-refractivity contribution in [1.29, 1.82) is 0 Å². The minimum atomic E-state index is -4.26. The first-order chi connectivity index (χ1) is 7.75. The van der Waals surface area contributed by atoms with E-state index in [2.05, 4.69) is 4.74 Å². The van der Waals surface area contributed by atoms with E-state index in [0.717, 1.165) is 13.0 Å². The highest BCUT2D eigenvalue weighted by Gasteiger charge is 2.52. The van der Waals surface area contributed by atoms with Gasteiger partial charge < -0.3 is 14.3 Å². The van der Waals surface area contributed by atoms with E-state index in [4.69, 9.17) is 9.52 Å². The van der Waals surface area contributed by atoms with E-state index in [-0.39, 0.29) is 3.77 Å². The van der Waals surface area contributed by atoms with Crippen molar-refractivity contribution >= 4 is 34.5 Å². The third-order valence-electron chi connectivity index (χ3n) is 1.75. The monoisotopic (exact) mass is 360 g/mol. The summed E-state index contributed by atoms with van der Waals surface area (Å²) in [4.78, 5) is 21.2. The maximum atomic E-state index is 13.3. The molecule has 0 aliphatic rings. The molecule has 0 aliphatic carbocycles. The predicted molar refractivity (Wildman–Crippen MR) is 58.5 cm³/mol. The van der Waals surface area contributed by atoms with E-state index in [9.17, 15) is 18.4 Å². The van der Waals surface area contributed by atoms with Gasteiger partial charge in [0.05, 0.1) is 0 Å². The number of carboxylic acid groups (broad SMARTS) is 1. The third kappa shape index (κ3) is 3.14. The van der Waals surface area contributed by atoms with Gasteiger partial charge in [0.25, 0.3) is 0 Å². The van der Waals surface area contributed by atoms with Gasteiger partial charge in [-0.2, -0.15) is 8.78 Å². The zero-order chi connectivity index (χ0) is 13.2. The van der Waals surface area contributed by atoms with Crippen LogP contribution in [0.5, 0.6) is 0 Å². The quantitative estimate of drug-likeness (QED) is 0.658. The molecule has 0 saturated heterocycles. The predicted octanol–water partition coefficient (Wildman–Crippen LogP) is 2.21. The highest BCUT2D eigenvalue weighted by atomic mass is 127. The van der Waals surface area contributed by atoms with Crippen molar-refractivity contribution in [3.05, 3.63) is 21.7 Å².